The third kappa shape index (κ3) is 4.01. The van der Waals surface area contributed by atoms with Gasteiger partial charge in [-0.1, -0.05) is 117 Å². The lowest BCUT2D eigenvalue weighted by Crippen LogP contribution is -2.24. The Morgan fingerprint density at radius 1 is 0.679 bits per heavy atom. The fourth-order valence-electron chi connectivity index (χ4n) is 4.96. The van der Waals surface area contributed by atoms with E-state index in [1.807, 2.05) is 0 Å². The van der Waals surface area contributed by atoms with Gasteiger partial charge in [-0.15, -0.1) is 0 Å². The van der Waals surface area contributed by atoms with Crippen molar-refractivity contribution in [1.82, 2.24) is 0 Å². The summed E-state index contributed by atoms with van der Waals surface area (Å²) < 4.78 is 0. The van der Waals surface area contributed by atoms with Gasteiger partial charge < -0.3 is 0 Å². The average molecular weight is 393 g/mol. The fraction of sp³-hybridized carbons (Fsp3) is 0.556. The van der Waals surface area contributed by atoms with Crippen LogP contribution in [-0.4, -0.2) is 8.80 Å². The van der Waals surface area contributed by atoms with Gasteiger partial charge in [0.2, 0.25) is 0 Å². The highest BCUT2D eigenvalue weighted by atomic mass is 28.3. The lowest BCUT2D eigenvalue weighted by molar-refractivity contribution is 0.589. The monoisotopic (exact) mass is 392 g/mol. The highest BCUT2D eigenvalue weighted by Gasteiger charge is 2.36. The zero-order valence-corrected chi connectivity index (χ0v) is 20.6. The van der Waals surface area contributed by atoms with E-state index in [1.165, 1.54) is 47.2 Å². The first-order chi connectivity index (χ1) is 13.1. The van der Waals surface area contributed by atoms with Crippen molar-refractivity contribution >= 4 is 8.80 Å². The van der Waals surface area contributed by atoms with Crippen molar-refractivity contribution in [3.8, 4) is 11.1 Å². The second-order valence-electron chi connectivity index (χ2n) is 10.9. The summed E-state index contributed by atoms with van der Waals surface area (Å²) in [6, 6.07) is 17.7. The number of fused-ring (bicyclic) bond motifs is 3. The predicted octanol–water partition coefficient (Wildman–Crippen LogP) is 7.98. The highest BCUT2D eigenvalue weighted by Crippen LogP contribution is 2.49. The number of hydrogen-bond donors (Lipinski definition) is 0. The zero-order valence-electron chi connectivity index (χ0n) is 19.4. The molecule has 1 heteroatoms. The quantitative estimate of drug-likeness (QED) is 0.452. The maximum absolute atomic E-state index is 2.57. The lowest BCUT2D eigenvalue weighted by atomic mass is 9.85. The summed E-state index contributed by atoms with van der Waals surface area (Å²) in [4.78, 5) is 0. The van der Waals surface area contributed by atoms with Crippen molar-refractivity contribution in [2.24, 2.45) is 0 Å². The second-order valence-corrected chi connectivity index (χ2v) is 14.3. The van der Waals surface area contributed by atoms with E-state index < -0.39 is 8.80 Å². The van der Waals surface area contributed by atoms with Gasteiger partial charge in [0.05, 0.1) is 8.80 Å². The number of rotatable bonds is 5. The molecule has 28 heavy (non-hydrogen) atoms. The van der Waals surface area contributed by atoms with Gasteiger partial charge in [0.15, 0.2) is 0 Å². The van der Waals surface area contributed by atoms with E-state index >= 15 is 0 Å². The van der Waals surface area contributed by atoms with Gasteiger partial charge >= 0.3 is 0 Å². The van der Waals surface area contributed by atoms with Gasteiger partial charge in [0.1, 0.15) is 0 Å². The molecule has 0 nitrogen and oxygen atoms in total. The minimum absolute atomic E-state index is 0.206. The molecule has 0 spiro atoms. The molecule has 0 unspecified atom stereocenters. The Morgan fingerprint density at radius 3 is 1.39 bits per heavy atom. The molecule has 0 radical (unpaired) electrons. The first-order valence-electron chi connectivity index (χ1n) is 11.4. The molecule has 0 N–H and O–H groups in total. The molecule has 1 aliphatic rings. The third-order valence-corrected chi connectivity index (χ3v) is 10.9. The van der Waals surface area contributed by atoms with Crippen molar-refractivity contribution in [3.63, 3.8) is 0 Å². The molecule has 2 aromatic carbocycles. The van der Waals surface area contributed by atoms with Crippen molar-refractivity contribution < 1.29 is 0 Å². The van der Waals surface area contributed by atoms with Gasteiger partial charge in [-0.3, -0.25) is 0 Å². The maximum atomic E-state index is 2.57. The predicted molar refractivity (Wildman–Crippen MR) is 128 cm³/mol. The van der Waals surface area contributed by atoms with Crippen LogP contribution in [0.4, 0.5) is 0 Å². The topological polar surface area (TPSA) is 0 Å². The van der Waals surface area contributed by atoms with Crippen LogP contribution in [0, 0.1) is 0 Å². The van der Waals surface area contributed by atoms with Crippen LogP contribution in [0.1, 0.15) is 96.0 Å². The molecule has 0 aliphatic heterocycles. The van der Waals surface area contributed by atoms with Crippen LogP contribution < -0.4 is 0 Å². The Balaban J connectivity index is 2.21. The number of benzene rings is 2. The van der Waals surface area contributed by atoms with Crippen LogP contribution in [-0.2, 0) is 10.8 Å². The Bertz CT molecular complexity index is 763. The Hall–Kier alpha value is -1.34. The van der Waals surface area contributed by atoms with E-state index in [0.29, 0.717) is 5.54 Å². The Labute approximate surface area is 175 Å². The van der Waals surface area contributed by atoms with Crippen LogP contribution in [0.15, 0.2) is 36.4 Å². The van der Waals surface area contributed by atoms with Crippen LogP contribution in [0.25, 0.3) is 11.1 Å². The van der Waals surface area contributed by atoms with Crippen molar-refractivity contribution in [1.29, 1.82) is 0 Å². The van der Waals surface area contributed by atoms with Crippen LogP contribution in [0.3, 0.4) is 0 Å². The molecule has 0 saturated carbocycles. The molecule has 2 aromatic rings. The minimum atomic E-state index is -0.910. The molecule has 1 aliphatic carbocycles. The van der Waals surface area contributed by atoms with E-state index in [9.17, 15) is 0 Å². The van der Waals surface area contributed by atoms with Crippen LogP contribution >= 0.6 is 0 Å². The molecular weight excluding hydrogens is 352 g/mol. The summed E-state index contributed by atoms with van der Waals surface area (Å²) in [6.07, 6.45) is 2.66. The second kappa shape index (κ2) is 7.82. The van der Waals surface area contributed by atoms with E-state index in [0.717, 1.165) is 0 Å². The van der Waals surface area contributed by atoms with Gasteiger partial charge in [-0.05, 0) is 44.2 Å². The molecule has 0 saturated heterocycles. The van der Waals surface area contributed by atoms with E-state index in [-0.39, 0.29) is 10.8 Å². The van der Waals surface area contributed by atoms with Crippen LogP contribution in [0.5, 0.6) is 0 Å². The minimum Gasteiger partial charge on any atom is -0.0657 e. The van der Waals surface area contributed by atoms with E-state index in [4.69, 9.17) is 0 Å². The van der Waals surface area contributed by atoms with Gasteiger partial charge in [0, 0.05) is 5.54 Å². The van der Waals surface area contributed by atoms with Crippen LogP contribution in [0.2, 0.25) is 12.1 Å². The summed E-state index contributed by atoms with van der Waals surface area (Å²) in [6.45, 7) is 18.8. The lowest BCUT2D eigenvalue weighted by Gasteiger charge is -2.27. The van der Waals surface area contributed by atoms with E-state index in [1.54, 1.807) is 11.1 Å². The third-order valence-electron chi connectivity index (χ3n) is 6.59. The molecule has 152 valence electrons. The van der Waals surface area contributed by atoms with Gasteiger partial charge in [-0.2, -0.15) is 0 Å². The molecule has 0 heterocycles. The summed E-state index contributed by atoms with van der Waals surface area (Å²) >= 11 is 0. The molecule has 0 amide bonds. The standard InChI is InChI=1S/C27H40Si/c1-9-15-28(16-10-2)25-23-17-19(26(3,4)5)11-13-21(23)22-14-12-20(18-24(22)25)27(6,7)8/h11-14,17-18,25,28H,9-10,15-16H2,1-8H3. The molecule has 0 fully saturated rings. The molecule has 0 bridgehead atoms. The summed E-state index contributed by atoms with van der Waals surface area (Å²) in [5.74, 6) is 0. The summed E-state index contributed by atoms with van der Waals surface area (Å²) in [5, 5.41) is 0. The zero-order chi connectivity index (χ0) is 20.7. The first kappa shape index (κ1) is 21.4. The first-order valence-corrected chi connectivity index (χ1v) is 13.7. The highest BCUT2D eigenvalue weighted by molar-refractivity contribution is 6.61. The van der Waals surface area contributed by atoms with Gasteiger partial charge in [0.25, 0.3) is 0 Å². The summed E-state index contributed by atoms with van der Waals surface area (Å²) in [5.41, 5.74) is 10.4. The number of hydrogen-bond acceptors (Lipinski definition) is 0. The van der Waals surface area contributed by atoms with Crippen molar-refractivity contribution in [2.45, 2.75) is 96.7 Å². The summed E-state index contributed by atoms with van der Waals surface area (Å²) in [7, 11) is -0.910. The van der Waals surface area contributed by atoms with E-state index in [2.05, 4.69) is 91.8 Å². The largest absolute Gasteiger partial charge is 0.0657 e. The van der Waals surface area contributed by atoms with Crippen molar-refractivity contribution in [2.75, 3.05) is 0 Å². The smallest absolute Gasteiger partial charge is 0.0505 e. The average Bonchev–Trinajstić information content (AvgIpc) is 2.93. The molecule has 0 atom stereocenters. The molecule has 0 aromatic heterocycles. The van der Waals surface area contributed by atoms with Gasteiger partial charge in [-0.25, -0.2) is 0 Å². The Kier molecular flexibility index (Phi) is 5.97. The molecular formula is C27H40Si. The van der Waals surface area contributed by atoms with Crippen molar-refractivity contribution in [3.05, 3.63) is 58.7 Å². The Morgan fingerprint density at radius 2 is 1.07 bits per heavy atom. The fourth-order valence-corrected chi connectivity index (χ4v) is 8.96. The SMILES string of the molecule is CCC[SiH](CCC)C1c2cc(C(C)(C)C)ccc2-c2ccc(C(C)(C)C)cc21. The molecule has 3 rings (SSSR count). The maximum Gasteiger partial charge on any atom is 0.0505 e. The normalized spacial score (nSPS) is 14.5.